The van der Waals surface area contributed by atoms with E-state index in [2.05, 4.69) is 5.32 Å². The Morgan fingerprint density at radius 2 is 2.00 bits per heavy atom. The topological polar surface area (TPSA) is 33.0 Å². The van der Waals surface area contributed by atoms with Gasteiger partial charge in [-0.15, -0.1) is 0 Å². The molecule has 0 radical (unpaired) electrons. The van der Waals surface area contributed by atoms with Crippen LogP contribution in [-0.4, -0.2) is 5.91 Å². The highest BCUT2D eigenvalue weighted by Crippen LogP contribution is 2.25. The van der Waals surface area contributed by atoms with Crippen LogP contribution >= 0.6 is 23.2 Å². The second kappa shape index (κ2) is 6.25. The number of pyridine rings is 1. The zero-order chi connectivity index (χ0) is 14.7. The van der Waals surface area contributed by atoms with Crippen LogP contribution in [0.3, 0.4) is 0 Å². The summed E-state index contributed by atoms with van der Waals surface area (Å²) in [6, 6.07) is 8.92. The predicted molar refractivity (Wildman–Crippen MR) is 81.2 cm³/mol. The van der Waals surface area contributed by atoms with Gasteiger partial charge in [0.15, 0.2) is 11.9 Å². The second-order valence-electron chi connectivity index (χ2n) is 4.58. The third-order valence-corrected chi connectivity index (χ3v) is 3.68. The standard InChI is InChI=1S/C15H14Cl2N2O/c1-10-4-3-7-19(11(10)2)9-15(20)18-14-6-5-12(16)8-13(14)17/h3-8H,9H2,1-2H3/p+1. The summed E-state index contributed by atoms with van der Waals surface area (Å²) in [7, 11) is 0. The summed E-state index contributed by atoms with van der Waals surface area (Å²) in [6.07, 6.45) is 1.88. The lowest BCUT2D eigenvalue weighted by Gasteiger charge is -2.07. The highest BCUT2D eigenvalue weighted by atomic mass is 35.5. The normalized spacial score (nSPS) is 10.4. The Morgan fingerprint density at radius 1 is 1.25 bits per heavy atom. The Labute approximate surface area is 128 Å². The maximum atomic E-state index is 12.1. The van der Waals surface area contributed by atoms with E-state index in [1.54, 1.807) is 18.2 Å². The number of rotatable bonds is 3. The van der Waals surface area contributed by atoms with Crippen LogP contribution in [0, 0.1) is 13.8 Å². The maximum Gasteiger partial charge on any atom is 0.290 e. The lowest BCUT2D eigenvalue weighted by atomic mass is 10.2. The average molecular weight is 310 g/mol. The number of nitrogens with one attached hydrogen (secondary N) is 1. The molecule has 0 saturated heterocycles. The van der Waals surface area contributed by atoms with Crippen LogP contribution in [0.1, 0.15) is 11.3 Å². The molecule has 0 atom stereocenters. The number of carbonyl (C=O) groups excluding carboxylic acids is 1. The van der Waals surface area contributed by atoms with Crippen molar-refractivity contribution in [1.82, 2.24) is 0 Å². The third kappa shape index (κ3) is 3.50. The summed E-state index contributed by atoms with van der Waals surface area (Å²) in [5.74, 6) is -0.132. The van der Waals surface area contributed by atoms with Crippen molar-refractivity contribution in [2.75, 3.05) is 5.32 Å². The van der Waals surface area contributed by atoms with E-state index < -0.39 is 0 Å². The van der Waals surface area contributed by atoms with E-state index in [4.69, 9.17) is 23.2 Å². The van der Waals surface area contributed by atoms with Crippen LogP contribution in [0.25, 0.3) is 0 Å². The predicted octanol–water partition coefficient (Wildman–Crippen LogP) is 3.54. The molecule has 20 heavy (non-hydrogen) atoms. The van der Waals surface area contributed by atoms with Crippen molar-refractivity contribution >= 4 is 34.8 Å². The van der Waals surface area contributed by atoms with Gasteiger partial charge in [-0.05, 0) is 31.2 Å². The van der Waals surface area contributed by atoms with E-state index >= 15 is 0 Å². The van der Waals surface area contributed by atoms with E-state index in [1.807, 2.05) is 36.7 Å². The fourth-order valence-corrected chi connectivity index (χ4v) is 2.31. The molecule has 1 heterocycles. The molecular weight excluding hydrogens is 295 g/mol. The van der Waals surface area contributed by atoms with Crippen molar-refractivity contribution in [1.29, 1.82) is 0 Å². The zero-order valence-corrected chi connectivity index (χ0v) is 12.8. The molecule has 5 heteroatoms. The molecule has 0 unspecified atom stereocenters. The number of nitrogens with zero attached hydrogens (tertiary/aromatic N) is 1. The van der Waals surface area contributed by atoms with Gasteiger partial charge in [0.2, 0.25) is 6.54 Å². The van der Waals surface area contributed by atoms with Gasteiger partial charge < -0.3 is 5.32 Å². The van der Waals surface area contributed by atoms with Gasteiger partial charge in [0, 0.05) is 23.6 Å². The molecule has 3 nitrogen and oxygen atoms in total. The van der Waals surface area contributed by atoms with Gasteiger partial charge in [-0.25, -0.2) is 0 Å². The van der Waals surface area contributed by atoms with E-state index in [0.29, 0.717) is 15.7 Å². The zero-order valence-electron chi connectivity index (χ0n) is 11.3. The molecule has 2 aromatic rings. The fraction of sp³-hybridized carbons (Fsp3) is 0.200. The van der Waals surface area contributed by atoms with Crippen molar-refractivity contribution in [2.45, 2.75) is 20.4 Å². The first-order valence-electron chi connectivity index (χ1n) is 6.18. The minimum atomic E-state index is -0.132. The van der Waals surface area contributed by atoms with Gasteiger partial charge in [0.25, 0.3) is 5.91 Å². The van der Waals surface area contributed by atoms with Gasteiger partial charge in [-0.3, -0.25) is 4.79 Å². The first-order chi connectivity index (χ1) is 9.47. The van der Waals surface area contributed by atoms with Crippen LogP contribution in [0.2, 0.25) is 10.0 Å². The summed E-state index contributed by atoms with van der Waals surface area (Å²) in [6.45, 7) is 4.24. The molecule has 0 aliphatic rings. The molecule has 104 valence electrons. The Morgan fingerprint density at radius 3 is 2.70 bits per heavy atom. The second-order valence-corrected chi connectivity index (χ2v) is 5.42. The van der Waals surface area contributed by atoms with Gasteiger partial charge in [0.1, 0.15) is 0 Å². The molecule has 1 aromatic heterocycles. The minimum Gasteiger partial charge on any atom is -0.319 e. The monoisotopic (exact) mass is 309 g/mol. The largest absolute Gasteiger partial charge is 0.319 e. The summed E-state index contributed by atoms with van der Waals surface area (Å²) in [4.78, 5) is 12.1. The molecule has 1 N–H and O–H groups in total. The first-order valence-corrected chi connectivity index (χ1v) is 6.93. The number of carbonyl (C=O) groups is 1. The summed E-state index contributed by atoms with van der Waals surface area (Å²) in [5, 5.41) is 3.75. The smallest absolute Gasteiger partial charge is 0.290 e. The van der Waals surface area contributed by atoms with Crippen molar-refractivity contribution in [2.24, 2.45) is 0 Å². The van der Waals surface area contributed by atoms with E-state index in [1.165, 1.54) is 0 Å². The third-order valence-electron chi connectivity index (χ3n) is 3.13. The number of anilines is 1. The van der Waals surface area contributed by atoms with Crippen molar-refractivity contribution in [3.63, 3.8) is 0 Å². The van der Waals surface area contributed by atoms with E-state index in [0.717, 1.165) is 11.3 Å². The molecule has 0 saturated carbocycles. The first kappa shape index (κ1) is 14.8. The van der Waals surface area contributed by atoms with E-state index in [9.17, 15) is 4.79 Å². The molecule has 2 rings (SSSR count). The number of hydrogen-bond donors (Lipinski definition) is 1. The Bertz CT molecular complexity index is 656. The maximum absolute atomic E-state index is 12.1. The summed E-state index contributed by atoms with van der Waals surface area (Å²) in [5.41, 5.74) is 2.77. The molecule has 0 bridgehead atoms. The summed E-state index contributed by atoms with van der Waals surface area (Å²) < 4.78 is 1.90. The molecule has 0 aliphatic heterocycles. The highest BCUT2D eigenvalue weighted by Gasteiger charge is 2.14. The molecule has 0 fully saturated rings. The van der Waals surface area contributed by atoms with Gasteiger partial charge in [-0.1, -0.05) is 23.2 Å². The number of amides is 1. The molecular formula is C15H15Cl2N2O+. The number of hydrogen-bond acceptors (Lipinski definition) is 1. The van der Waals surface area contributed by atoms with E-state index in [-0.39, 0.29) is 12.5 Å². The van der Waals surface area contributed by atoms with Crippen LogP contribution < -0.4 is 9.88 Å². The molecule has 0 aliphatic carbocycles. The Balaban J connectivity index is 2.11. The van der Waals surface area contributed by atoms with Crippen molar-refractivity contribution < 1.29 is 9.36 Å². The van der Waals surface area contributed by atoms with Gasteiger partial charge in [-0.2, -0.15) is 4.57 Å². The fourth-order valence-electron chi connectivity index (χ4n) is 1.86. The number of halogens is 2. The van der Waals surface area contributed by atoms with Crippen LogP contribution in [-0.2, 0) is 11.3 Å². The Hall–Kier alpha value is -1.58. The van der Waals surface area contributed by atoms with Crippen molar-refractivity contribution in [3.05, 3.63) is 57.8 Å². The Kier molecular flexibility index (Phi) is 4.63. The number of aromatic nitrogens is 1. The van der Waals surface area contributed by atoms with Crippen LogP contribution in [0.5, 0.6) is 0 Å². The number of benzene rings is 1. The lowest BCUT2D eigenvalue weighted by Crippen LogP contribution is -2.43. The van der Waals surface area contributed by atoms with Crippen LogP contribution in [0.15, 0.2) is 36.5 Å². The quantitative estimate of drug-likeness (QED) is 0.864. The molecule has 1 aromatic carbocycles. The van der Waals surface area contributed by atoms with Crippen LogP contribution in [0.4, 0.5) is 5.69 Å². The lowest BCUT2D eigenvalue weighted by molar-refractivity contribution is -0.690. The highest BCUT2D eigenvalue weighted by molar-refractivity contribution is 6.36. The molecule has 1 amide bonds. The SMILES string of the molecule is Cc1ccc[n+](CC(=O)Nc2ccc(Cl)cc2Cl)c1C. The average Bonchev–Trinajstić information content (AvgIpc) is 2.38. The van der Waals surface area contributed by atoms with Gasteiger partial charge in [0.05, 0.1) is 10.7 Å². The molecule has 0 spiro atoms. The van der Waals surface area contributed by atoms with Crippen molar-refractivity contribution in [3.8, 4) is 0 Å². The number of aryl methyl sites for hydroxylation is 1. The van der Waals surface area contributed by atoms with Gasteiger partial charge >= 0.3 is 0 Å². The summed E-state index contributed by atoms with van der Waals surface area (Å²) >= 11 is 11.8. The minimum absolute atomic E-state index is 0.132.